The zero-order valence-electron chi connectivity index (χ0n) is 9.84. The molecular weight excluding hydrogens is 204 g/mol. The van der Waals surface area contributed by atoms with Gasteiger partial charge in [0.2, 0.25) is 0 Å². The van der Waals surface area contributed by atoms with E-state index in [0.29, 0.717) is 11.3 Å². The fourth-order valence-electron chi connectivity index (χ4n) is 1.39. The summed E-state index contributed by atoms with van der Waals surface area (Å²) >= 11 is 0. The number of nitrogens with zero attached hydrogens (tertiary/aromatic N) is 1. The molecule has 4 heteroatoms. The van der Waals surface area contributed by atoms with Crippen LogP contribution >= 0.6 is 0 Å². The number of carbonyl (C=O) groups is 1. The highest BCUT2D eigenvalue weighted by atomic mass is 16.3. The average Bonchev–Trinajstić information content (AvgIpc) is 2.26. The largest absolute Gasteiger partial charge is 0.398 e. The molecule has 3 N–H and O–H groups in total. The van der Waals surface area contributed by atoms with Crippen molar-refractivity contribution in [3.8, 4) is 0 Å². The lowest BCUT2D eigenvalue weighted by molar-refractivity contribution is 0.0539. The van der Waals surface area contributed by atoms with Crippen molar-refractivity contribution in [3.63, 3.8) is 0 Å². The Morgan fingerprint density at radius 1 is 1.38 bits per heavy atom. The summed E-state index contributed by atoms with van der Waals surface area (Å²) in [6, 6.07) is 6.68. The molecule has 0 aliphatic carbocycles. The lowest BCUT2D eigenvalue weighted by atomic mass is 10.1. The number of aliphatic hydroxyl groups is 1. The third-order valence-corrected chi connectivity index (χ3v) is 2.82. The van der Waals surface area contributed by atoms with E-state index >= 15 is 0 Å². The Balaban J connectivity index is 2.91. The standard InChI is InChI=1S/C12H18N2O2/c1-8(9(2)15)14(3)12(16)10-6-4-5-7-11(10)13/h4-9,15H,13H2,1-3H3. The van der Waals surface area contributed by atoms with Crippen LogP contribution in [0.25, 0.3) is 0 Å². The molecule has 4 nitrogen and oxygen atoms in total. The van der Waals surface area contributed by atoms with E-state index in [2.05, 4.69) is 0 Å². The second kappa shape index (κ2) is 4.99. The zero-order valence-corrected chi connectivity index (χ0v) is 9.84. The van der Waals surface area contributed by atoms with Crippen molar-refractivity contribution in [2.45, 2.75) is 26.0 Å². The number of hydrogen-bond acceptors (Lipinski definition) is 3. The number of aliphatic hydroxyl groups excluding tert-OH is 1. The van der Waals surface area contributed by atoms with E-state index in [0.717, 1.165) is 0 Å². The number of nitrogen functional groups attached to an aromatic ring is 1. The first-order valence-corrected chi connectivity index (χ1v) is 5.25. The van der Waals surface area contributed by atoms with Crippen LogP contribution in [0.15, 0.2) is 24.3 Å². The molecule has 0 spiro atoms. The number of likely N-dealkylation sites (N-methyl/N-ethyl adjacent to an activating group) is 1. The van der Waals surface area contributed by atoms with E-state index in [1.54, 1.807) is 45.2 Å². The van der Waals surface area contributed by atoms with Gasteiger partial charge in [0.15, 0.2) is 0 Å². The van der Waals surface area contributed by atoms with E-state index < -0.39 is 6.10 Å². The minimum absolute atomic E-state index is 0.175. The summed E-state index contributed by atoms with van der Waals surface area (Å²) in [6.45, 7) is 3.45. The lowest BCUT2D eigenvalue weighted by Gasteiger charge is -2.27. The van der Waals surface area contributed by atoms with Gasteiger partial charge in [-0.1, -0.05) is 12.1 Å². The minimum atomic E-state index is -0.570. The average molecular weight is 222 g/mol. The molecule has 0 heterocycles. The van der Waals surface area contributed by atoms with E-state index in [1.165, 1.54) is 4.90 Å². The van der Waals surface area contributed by atoms with Crippen LogP contribution in [0.4, 0.5) is 5.69 Å². The summed E-state index contributed by atoms with van der Waals surface area (Å²) in [7, 11) is 1.66. The van der Waals surface area contributed by atoms with Crippen LogP contribution in [0.3, 0.4) is 0 Å². The number of nitrogens with two attached hydrogens (primary N) is 1. The second-order valence-corrected chi connectivity index (χ2v) is 3.98. The molecule has 1 amide bonds. The molecular formula is C12H18N2O2. The molecule has 0 aromatic heterocycles. The summed E-state index contributed by atoms with van der Waals surface area (Å²) in [5.41, 5.74) is 6.65. The Hall–Kier alpha value is -1.55. The molecule has 0 saturated heterocycles. The van der Waals surface area contributed by atoms with Crippen LogP contribution in [0.5, 0.6) is 0 Å². The van der Waals surface area contributed by atoms with Crippen LogP contribution in [-0.2, 0) is 0 Å². The van der Waals surface area contributed by atoms with Crippen LogP contribution in [-0.4, -0.2) is 35.1 Å². The third kappa shape index (κ3) is 2.52. The molecule has 0 aliphatic heterocycles. The van der Waals surface area contributed by atoms with Crippen molar-refractivity contribution in [2.75, 3.05) is 12.8 Å². The van der Waals surface area contributed by atoms with Gasteiger partial charge in [-0.15, -0.1) is 0 Å². The summed E-state index contributed by atoms with van der Waals surface area (Å²) in [4.78, 5) is 13.5. The van der Waals surface area contributed by atoms with Crippen molar-refractivity contribution in [1.82, 2.24) is 4.90 Å². The maximum atomic E-state index is 12.0. The highest BCUT2D eigenvalue weighted by Crippen LogP contribution is 2.15. The maximum Gasteiger partial charge on any atom is 0.256 e. The molecule has 0 saturated carbocycles. The Labute approximate surface area is 95.7 Å². The maximum absolute atomic E-state index is 12.0. The number of para-hydroxylation sites is 1. The number of anilines is 1. The monoisotopic (exact) mass is 222 g/mol. The molecule has 2 atom stereocenters. The normalized spacial score (nSPS) is 14.2. The zero-order chi connectivity index (χ0) is 12.3. The predicted octanol–water partition coefficient (Wildman–Crippen LogP) is 1.11. The van der Waals surface area contributed by atoms with Crippen LogP contribution in [0.1, 0.15) is 24.2 Å². The number of carbonyl (C=O) groups excluding carboxylic acids is 1. The third-order valence-electron chi connectivity index (χ3n) is 2.82. The highest BCUT2D eigenvalue weighted by Gasteiger charge is 2.21. The summed E-state index contributed by atoms with van der Waals surface area (Å²) in [5, 5.41) is 9.43. The SMILES string of the molecule is CC(O)C(C)N(C)C(=O)c1ccccc1N. The van der Waals surface area contributed by atoms with E-state index in [9.17, 15) is 9.90 Å². The molecule has 0 aliphatic rings. The van der Waals surface area contributed by atoms with E-state index in [4.69, 9.17) is 5.73 Å². The lowest BCUT2D eigenvalue weighted by Crippen LogP contribution is -2.41. The van der Waals surface area contributed by atoms with Gasteiger partial charge in [0.1, 0.15) is 0 Å². The number of amides is 1. The predicted molar refractivity (Wildman–Crippen MR) is 64.1 cm³/mol. The van der Waals surface area contributed by atoms with E-state index in [1.807, 2.05) is 0 Å². The van der Waals surface area contributed by atoms with Gasteiger partial charge in [0.25, 0.3) is 5.91 Å². The first-order valence-electron chi connectivity index (χ1n) is 5.25. The van der Waals surface area contributed by atoms with Crippen LogP contribution in [0, 0.1) is 0 Å². The van der Waals surface area contributed by atoms with Gasteiger partial charge in [-0.3, -0.25) is 4.79 Å². The first kappa shape index (κ1) is 12.5. The van der Waals surface area contributed by atoms with Gasteiger partial charge in [-0.2, -0.15) is 0 Å². The molecule has 2 unspecified atom stereocenters. The summed E-state index contributed by atoms with van der Waals surface area (Å²) < 4.78 is 0. The Morgan fingerprint density at radius 2 is 1.94 bits per heavy atom. The van der Waals surface area contributed by atoms with Gasteiger partial charge in [0, 0.05) is 12.7 Å². The first-order chi connectivity index (χ1) is 7.45. The highest BCUT2D eigenvalue weighted by molar-refractivity contribution is 5.99. The minimum Gasteiger partial charge on any atom is -0.398 e. The van der Waals surface area contributed by atoms with Gasteiger partial charge in [0.05, 0.1) is 17.7 Å². The van der Waals surface area contributed by atoms with Gasteiger partial charge in [-0.25, -0.2) is 0 Å². The molecule has 0 bridgehead atoms. The Bertz CT molecular complexity index is 377. The van der Waals surface area contributed by atoms with Crippen LogP contribution in [0.2, 0.25) is 0 Å². The Kier molecular flexibility index (Phi) is 3.90. The topological polar surface area (TPSA) is 66.6 Å². The van der Waals surface area contributed by atoms with Gasteiger partial charge < -0.3 is 15.7 Å². The summed E-state index contributed by atoms with van der Waals surface area (Å²) in [5.74, 6) is -0.175. The van der Waals surface area contributed by atoms with E-state index in [-0.39, 0.29) is 11.9 Å². The van der Waals surface area contributed by atoms with Crippen molar-refractivity contribution >= 4 is 11.6 Å². The van der Waals surface area contributed by atoms with Crippen molar-refractivity contribution in [2.24, 2.45) is 0 Å². The smallest absolute Gasteiger partial charge is 0.256 e. The van der Waals surface area contributed by atoms with Crippen molar-refractivity contribution in [1.29, 1.82) is 0 Å². The Morgan fingerprint density at radius 3 is 2.44 bits per heavy atom. The molecule has 0 radical (unpaired) electrons. The number of rotatable bonds is 3. The summed E-state index contributed by atoms with van der Waals surface area (Å²) in [6.07, 6.45) is -0.570. The molecule has 1 aromatic rings. The molecule has 0 fully saturated rings. The quantitative estimate of drug-likeness (QED) is 0.753. The number of hydrogen-bond donors (Lipinski definition) is 2. The van der Waals surface area contributed by atoms with Gasteiger partial charge >= 0.3 is 0 Å². The fourth-order valence-corrected chi connectivity index (χ4v) is 1.39. The van der Waals surface area contributed by atoms with Crippen molar-refractivity contribution in [3.05, 3.63) is 29.8 Å². The van der Waals surface area contributed by atoms with Gasteiger partial charge in [-0.05, 0) is 26.0 Å². The second-order valence-electron chi connectivity index (χ2n) is 3.98. The fraction of sp³-hybridized carbons (Fsp3) is 0.417. The molecule has 16 heavy (non-hydrogen) atoms. The van der Waals surface area contributed by atoms with Crippen molar-refractivity contribution < 1.29 is 9.90 Å². The molecule has 88 valence electrons. The molecule has 1 aromatic carbocycles. The number of benzene rings is 1. The van der Waals surface area contributed by atoms with Crippen LogP contribution < -0.4 is 5.73 Å². The molecule has 1 rings (SSSR count).